The molecule has 35 valence electrons. The third kappa shape index (κ3) is 61.8. The molecule has 0 aromatic carbocycles. The maximum atomic E-state index is 7.57. The number of rotatable bonds is 0. The number of hydrogen-bond donors (Lipinski definition) is 1. The van der Waals surface area contributed by atoms with Crippen molar-refractivity contribution in [1.82, 2.24) is 0 Å². The minimum absolute atomic E-state index is 0. The first kappa shape index (κ1) is 17.1. The standard InChI is InChI=1S/C2H6O.ClH.Mn/c1-2-3;;/h3H,2H2,1H3;1H;. The molecule has 0 aliphatic heterocycles. The van der Waals surface area contributed by atoms with Gasteiger partial charge in [0.25, 0.3) is 0 Å². The number of aliphatic hydroxyl groups excluding tert-OH is 1. The van der Waals surface area contributed by atoms with Crippen molar-refractivity contribution in [2.24, 2.45) is 0 Å². The van der Waals surface area contributed by atoms with Crippen LogP contribution in [0.1, 0.15) is 6.92 Å². The largest absolute Gasteiger partial charge is 0.397 e. The van der Waals surface area contributed by atoms with Crippen LogP contribution in [0.25, 0.3) is 0 Å². The van der Waals surface area contributed by atoms with Crippen molar-refractivity contribution in [3.8, 4) is 0 Å². The predicted molar refractivity (Wildman–Crippen MR) is 20.0 cm³/mol. The predicted octanol–water partition coefficient (Wildman–Crippen LogP) is 0.418. The molecule has 3 heteroatoms. The summed E-state index contributed by atoms with van der Waals surface area (Å²) < 4.78 is 0. The fourth-order valence-electron chi connectivity index (χ4n) is 0. The van der Waals surface area contributed by atoms with Crippen LogP contribution in [-0.2, 0) is 17.1 Å². The summed E-state index contributed by atoms with van der Waals surface area (Å²) in [6.07, 6.45) is 0. The van der Waals surface area contributed by atoms with Crippen molar-refractivity contribution in [2.75, 3.05) is 6.61 Å². The zero-order chi connectivity index (χ0) is 2.71. The van der Waals surface area contributed by atoms with Gasteiger partial charge in [-0.2, -0.15) is 0 Å². The number of aliphatic hydroxyl groups is 1. The first-order chi connectivity index (χ1) is 1.41. The Morgan fingerprint density at radius 1 is 1.60 bits per heavy atom. The van der Waals surface area contributed by atoms with Gasteiger partial charge in [0.2, 0.25) is 0 Å². The van der Waals surface area contributed by atoms with E-state index in [1.54, 1.807) is 6.92 Å². The Labute approximate surface area is 48.6 Å². The van der Waals surface area contributed by atoms with Gasteiger partial charge in [-0.15, -0.1) is 12.4 Å². The van der Waals surface area contributed by atoms with Crippen LogP contribution in [0.5, 0.6) is 0 Å². The summed E-state index contributed by atoms with van der Waals surface area (Å²) in [6.45, 7) is 1.93. The smallest absolute Gasteiger partial charge is 0.0402 e. The van der Waals surface area contributed by atoms with Crippen molar-refractivity contribution in [3.63, 3.8) is 0 Å². The van der Waals surface area contributed by atoms with Gasteiger partial charge in [0.15, 0.2) is 0 Å². The summed E-state index contributed by atoms with van der Waals surface area (Å²) in [5.74, 6) is 0. The molecule has 0 heterocycles. The van der Waals surface area contributed by atoms with E-state index in [0.29, 0.717) is 0 Å². The molecule has 0 rings (SSSR count). The van der Waals surface area contributed by atoms with Gasteiger partial charge in [0.05, 0.1) is 0 Å². The Hall–Kier alpha value is 0.769. The second-order valence-electron chi connectivity index (χ2n) is 0.316. The number of hydrogen-bond acceptors (Lipinski definition) is 1. The quantitative estimate of drug-likeness (QED) is 0.480. The van der Waals surface area contributed by atoms with E-state index in [1.807, 2.05) is 0 Å². The second-order valence-corrected chi connectivity index (χ2v) is 0.316. The second kappa shape index (κ2) is 21.6. The molecule has 0 spiro atoms. The summed E-state index contributed by atoms with van der Waals surface area (Å²) in [7, 11) is 0. The summed E-state index contributed by atoms with van der Waals surface area (Å²) in [4.78, 5) is 0. The molecule has 0 aliphatic rings. The van der Waals surface area contributed by atoms with E-state index in [-0.39, 0.29) is 36.1 Å². The van der Waals surface area contributed by atoms with Crippen molar-refractivity contribution in [1.29, 1.82) is 0 Å². The molecular weight excluding hydrogens is 130 g/mol. The fraction of sp³-hybridized carbons (Fsp3) is 1.00. The summed E-state index contributed by atoms with van der Waals surface area (Å²) in [5, 5.41) is 7.57. The molecular formula is C2H7ClMnO. The van der Waals surface area contributed by atoms with E-state index >= 15 is 0 Å². The fourth-order valence-corrected chi connectivity index (χ4v) is 0. The SMILES string of the molecule is CCO.Cl.[Mn]. The van der Waals surface area contributed by atoms with Crippen LogP contribution in [0.4, 0.5) is 0 Å². The molecule has 0 aromatic heterocycles. The summed E-state index contributed by atoms with van der Waals surface area (Å²) in [5.41, 5.74) is 0. The van der Waals surface area contributed by atoms with Gasteiger partial charge >= 0.3 is 0 Å². The average molecular weight is 137 g/mol. The molecule has 1 radical (unpaired) electrons. The van der Waals surface area contributed by atoms with Gasteiger partial charge in [0, 0.05) is 23.7 Å². The van der Waals surface area contributed by atoms with Crippen molar-refractivity contribution in [2.45, 2.75) is 6.92 Å². The van der Waals surface area contributed by atoms with Crippen LogP contribution in [0.2, 0.25) is 0 Å². The Morgan fingerprint density at radius 3 is 1.60 bits per heavy atom. The monoisotopic (exact) mass is 137 g/mol. The van der Waals surface area contributed by atoms with Gasteiger partial charge in [-0.3, -0.25) is 0 Å². The maximum Gasteiger partial charge on any atom is 0.0402 e. The molecule has 0 saturated heterocycles. The zero-order valence-corrected chi connectivity index (χ0v) is 4.94. The van der Waals surface area contributed by atoms with Gasteiger partial charge in [0.1, 0.15) is 0 Å². The third-order valence-electron chi connectivity index (χ3n) is 0. The molecule has 0 unspecified atom stereocenters. The Balaban J connectivity index is -0.0000000200. The molecule has 0 amide bonds. The molecule has 5 heavy (non-hydrogen) atoms. The molecule has 0 aliphatic carbocycles. The first-order valence-corrected chi connectivity index (χ1v) is 1.02. The van der Waals surface area contributed by atoms with E-state index in [1.165, 1.54) is 0 Å². The topological polar surface area (TPSA) is 20.2 Å². The van der Waals surface area contributed by atoms with E-state index < -0.39 is 0 Å². The molecule has 0 bridgehead atoms. The van der Waals surface area contributed by atoms with E-state index in [2.05, 4.69) is 0 Å². The molecule has 0 aromatic rings. The van der Waals surface area contributed by atoms with Gasteiger partial charge in [-0.1, -0.05) is 0 Å². The summed E-state index contributed by atoms with van der Waals surface area (Å²) >= 11 is 0. The molecule has 1 N–H and O–H groups in total. The van der Waals surface area contributed by atoms with Gasteiger partial charge < -0.3 is 5.11 Å². The molecule has 0 saturated carbocycles. The van der Waals surface area contributed by atoms with E-state index in [0.717, 1.165) is 0 Å². The van der Waals surface area contributed by atoms with Crippen LogP contribution in [0, 0.1) is 0 Å². The maximum absolute atomic E-state index is 7.57. The van der Waals surface area contributed by atoms with Gasteiger partial charge in [-0.25, -0.2) is 0 Å². The van der Waals surface area contributed by atoms with Crippen molar-refractivity contribution in [3.05, 3.63) is 0 Å². The van der Waals surface area contributed by atoms with Crippen LogP contribution in [0.3, 0.4) is 0 Å². The first-order valence-electron chi connectivity index (χ1n) is 1.02. The van der Waals surface area contributed by atoms with Crippen molar-refractivity contribution >= 4 is 12.4 Å². The molecule has 1 nitrogen and oxygen atoms in total. The minimum Gasteiger partial charge on any atom is -0.397 e. The molecule has 0 fully saturated rings. The molecule has 0 atom stereocenters. The average Bonchev–Trinajstić information content (AvgIpc) is 0.918. The Morgan fingerprint density at radius 2 is 1.60 bits per heavy atom. The Kier molecular flexibility index (Phi) is 74.1. The van der Waals surface area contributed by atoms with Crippen LogP contribution >= 0.6 is 12.4 Å². The summed E-state index contributed by atoms with van der Waals surface area (Å²) in [6, 6.07) is 0. The normalized spacial score (nSPS) is 3.60. The van der Waals surface area contributed by atoms with E-state index in [4.69, 9.17) is 5.11 Å². The third-order valence-corrected chi connectivity index (χ3v) is 0. The van der Waals surface area contributed by atoms with Gasteiger partial charge in [-0.05, 0) is 6.92 Å². The van der Waals surface area contributed by atoms with Crippen LogP contribution in [0.15, 0.2) is 0 Å². The van der Waals surface area contributed by atoms with Crippen LogP contribution in [-0.4, -0.2) is 11.7 Å². The zero-order valence-electron chi connectivity index (χ0n) is 2.94. The van der Waals surface area contributed by atoms with Crippen molar-refractivity contribution < 1.29 is 22.2 Å². The number of halogens is 1. The Bertz CT molecular complexity index is 9.61. The minimum atomic E-state index is 0. The van der Waals surface area contributed by atoms with Crippen LogP contribution < -0.4 is 0 Å². The van der Waals surface area contributed by atoms with E-state index in [9.17, 15) is 0 Å².